The first-order valence-corrected chi connectivity index (χ1v) is 8.91. The number of rotatable bonds is 15. The van der Waals surface area contributed by atoms with Crippen LogP contribution in [0.4, 0.5) is 0 Å². The quantitative estimate of drug-likeness (QED) is 0.283. The maximum atomic E-state index is 5.70. The van der Waals surface area contributed by atoms with Crippen molar-refractivity contribution >= 4 is 0 Å². The Labute approximate surface area is 132 Å². The summed E-state index contributed by atoms with van der Waals surface area (Å²) in [6.45, 7) is 10.1. The molecular weight excluding hydrogens is 264 g/mol. The number of hydrogen-bond acceptors (Lipinski definition) is 3. The average molecular weight is 300 g/mol. The minimum absolute atomic E-state index is 0.588. The summed E-state index contributed by atoms with van der Waals surface area (Å²) >= 11 is 0. The lowest BCUT2D eigenvalue weighted by molar-refractivity contribution is 0.0202. The van der Waals surface area contributed by atoms with Crippen LogP contribution in [0.1, 0.15) is 85.5 Å². The van der Waals surface area contributed by atoms with Crippen molar-refractivity contribution in [3.8, 4) is 0 Å². The van der Waals surface area contributed by atoms with Gasteiger partial charge >= 0.3 is 5.95 Å². The van der Waals surface area contributed by atoms with Gasteiger partial charge in [-0.15, -0.1) is 0 Å². The fourth-order valence-electron chi connectivity index (χ4n) is 2.29. The van der Waals surface area contributed by atoms with Gasteiger partial charge in [-0.25, -0.2) is 0 Å². The lowest BCUT2D eigenvalue weighted by atomic mass is 10.1. The van der Waals surface area contributed by atoms with Crippen LogP contribution >= 0.6 is 0 Å². The topological polar surface area (TPSA) is 27.7 Å². The molecule has 0 unspecified atom stereocenters. The Morgan fingerprint density at radius 1 is 0.571 bits per heavy atom. The third-order valence-corrected chi connectivity index (χ3v) is 3.35. The highest BCUT2D eigenvalue weighted by atomic mass is 16.7. The van der Waals surface area contributed by atoms with Gasteiger partial charge < -0.3 is 14.2 Å². The van der Waals surface area contributed by atoms with Crippen LogP contribution in [0.3, 0.4) is 0 Å². The highest BCUT2D eigenvalue weighted by Gasteiger charge is 2.10. The Hall–Kier alpha value is -0.860. The van der Waals surface area contributed by atoms with E-state index in [9.17, 15) is 0 Å². The highest BCUT2D eigenvalue weighted by molar-refractivity contribution is 4.95. The molecule has 0 bridgehead atoms. The zero-order valence-electron chi connectivity index (χ0n) is 14.7. The van der Waals surface area contributed by atoms with Gasteiger partial charge in [-0.1, -0.05) is 51.9 Å². The van der Waals surface area contributed by atoms with Gasteiger partial charge in [-0.3, -0.25) is 0 Å². The van der Waals surface area contributed by atoms with Crippen LogP contribution in [0.25, 0.3) is 0 Å². The first-order valence-electron chi connectivity index (χ1n) is 8.91. The normalized spacial score (nSPS) is 10.3. The summed E-state index contributed by atoms with van der Waals surface area (Å²) in [5.41, 5.74) is 0. The van der Waals surface area contributed by atoms with Crippen molar-refractivity contribution in [1.82, 2.24) is 0 Å². The lowest BCUT2D eigenvalue weighted by Gasteiger charge is -2.15. The van der Waals surface area contributed by atoms with Crippen LogP contribution in [0.2, 0.25) is 0 Å². The summed E-state index contributed by atoms with van der Waals surface area (Å²) in [5, 5.41) is 0. The van der Waals surface area contributed by atoms with Gasteiger partial charge in [0.25, 0.3) is 0 Å². The number of hydrogen-bond donors (Lipinski definition) is 0. The van der Waals surface area contributed by atoms with E-state index in [1.54, 1.807) is 0 Å². The van der Waals surface area contributed by atoms with Gasteiger partial charge in [0.05, 0.1) is 19.8 Å². The Bertz CT molecular complexity index is 241. The standard InChI is InChI=1S/C18H36O3/c1-5-9-10-11-12-13-14-15-16-17(19-6-2)18(20-7-3)21-8-4/h5-16H2,1-4H3. The molecule has 0 rings (SSSR count). The van der Waals surface area contributed by atoms with Gasteiger partial charge in [0.1, 0.15) is 0 Å². The molecule has 0 heterocycles. The zero-order valence-corrected chi connectivity index (χ0v) is 14.7. The molecule has 0 aliphatic carbocycles. The Morgan fingerprint density at radius 2 is 1.05 bits per heavy atom. The summed E-state index contributed by atoms with van der Waals surface area (Å²) in [6.07, 6.45) is 11.5. The molecule has 21 heavy (non-hydrogen) atoms. The predicted molar refractivity (Wildman–Crippen MR) is 89.1 cm³/mol. The summed E-state index contributed by atoms with van der Waals surface area (Å²) in [7, 11) is 0. The third-order valence-electron chi connectivity index (χ3n) is 3.35. The molecule has 0 saturated carbocycles. The molecule has 0 N–H and O–H groups in total. The van der Waals surface area contributed by atoms with E-state index < -0.39 is 0 Å². The lowest BCUT2D eigenvalue weighted by Crippen LogP contribution is -2.05. The van der Waals surface area contributed by atoms with Crippen molar-refractivity contribution in [2.24, 2.45) is 0 Å². The van der Waals surface area contributed by atoms with Crippen LogP contribution in [0.5, 0.6) is 0 Å². The Morgan fingerprint density at radius 3 is 1.52 bits per heavy atom. The highest BCUT2D eigenvalue weighted by Crippen LogP contribution is 2.18. The van der Waals surface area contributed by atoms with Crippen LogP contribution in [-0.2, 0) is 14.2 Å². The molecule has 3 heteroatoms. The van der Waals surface area contributed by atoms with Gasteiger partial charge in [0, 0.05) is 6.42 Å². The van der Waals surface area contributed by atoms with Gasteiger partial charge in [-0.2, -0.15) is 0 Å². The zero-order chi connectivity index (χ0) is 15.8. The molecule has 0 aromatic heterocycles. The van der Waals surface area contributed by atoms with E-state index in [4.69, 9.17) is 14.2 Å². The van der Waals surface area contributed by atoms with Crippen molar-refractivity contribution < 1.29 is 14.2 Å². The van der Waals surface area contributed by atoms with Crippen LogP contribution < -0.4 is 0 Å². The van der Waals surface area contributed by atoms with E-state index in [0.29, 0.717) is 25.8 Å². The molecule has 0 amide bonds. The molecule has 0 aliphatic rings. The monoisotopic (exact) mass is 300 g/mol. The van der Waals surface area contributed by atoms with E-state index in [1.165, 1.54) is 44.9 Å². The number of unbranched alkanes of at least 4 members (excludes halogenated alkanes) is 7. The average Bonchev–Trinajstić information content (AvgIpc) is 2.48. The van der Waals surface area contributed by atoms with E-state index in [0.717, 1.165) is 18.6 Å². The molecule has 0 atom stereocenters. The molecule has 0 aromatic carbocycles. The van der Waals surface area contributed by atoms with E-state index in [2.05, 4.69) is 6.92 Å². The second-order valence-corrected chi connectivity index (χ2v) is 5.23. The summed E-state index contributed by atoms with van der Waals surface area (Å²) in [5.74, 6) is 1.47. The van der Waals surface area contributed by atoms with Crippen molar-refractivity contribution in [3.63, 3.8) is 0 Å². The van der Waals surface area contributed by atoms with E-state index in [-0.39, 0.29) is 0 Å². The molecule has 0 aliphatic heterocycles. The molecule has 0 spiro atoms. The van der Waals surface area contributed by atoms with E-state index >= 15 is 0 Å². The maximum Gasteiger partial charge on any atom is 0.318 e. The van der Waals surface area contributed by atoms with Crippen molar-refractivity contribution in [2.75, 3.05) is 19.8 Å². The first-order chi connectivity index (χ1) is 10.3. The minimum Gasteiger partial charge on any atom is -0.491 e. The van der Waals surface area contributed by atoms with E-state index in [1.807, 2.05) is 20.8 Å². The molecule has 0 radical (unpaired) electrons. The van der Waals surface area contributed by atoms with Crippen molar-refractivity contribution in [1.29, 1.82) is 0 Å². The predicted octanol–water partition coefficient (Wildman–Crippen LogP) is 5.80. The number of ether oxygens (including phenoxy) is 3. The van der Waals surface area contributed by atoms with Crippen LogP contribution in [-0.4, -0.2) is 19.8 Å². The Balaban J connectivity index is 3.99. The van der Waals surface area contributed by atoms with Gasteiger partial charge in [-0.05, 0) is 27.2 Å². The summed E-state index contributed by atoms with van der Waals surface area (Å²) < 4.78 is 16.8. The first kappa shape index (κ1) is 20.1. The second-order valence-electron chi connectivity index (χ2n) is 5.23. The summed E-state index contributed by atoms with van der Waals surface area (Å²) in [4.78, 5) is 0. The van der Waals surface area contributed by atoms with Crippen LogP contribution in [0.15, 0.2) is 11.7 Å². The SMILES string of the molecule is CCCCCCCCCCC(OCC)=C(OCC)OCC. The molecule has 126 valence electrons. The molecule has 0 fully saturated rings. The summed E-state index contributed by atoms with van der Waals surface area (Å²) in [6, 6.07) is 0. The van der Waals surface area contributed by atoms with Crippen molar-refractivity contribution in [2.45, 2.75) is 85.5 Å². The number of allylic oxidation sites excluding steroid dienone is 1. The van der Waals surface area contributed by atoms with Gasteiger partial charge in [0.2, 0.25) is 0 Å². The maximum absolute atomic E-state index is 5.70. The fraction of sp³-hybridized carbons (Fsp3) is 0.889. The third kappa shape index (κ3) is 11.5. The van der Waals surface area contributed by atoms with Crippen molar-refractivity contribution in [3.05, 3.63) is 11.7 Å². The molecular formula is C18H36O3. The second kappa shape index (κ2) is 15.5. The van der Waals surface area contributed by atoms with Crippen LogP contribution in [0, 0.1) is 0 Å². The minimum atomic E-state index is 0.588. The molecule has 3 nitrogen and oxygen atoms in total. The largest absolute Gasteiger partial charge is 0.491 e. The smallest absolute Gasteiger partial charge is 0.318 e. The fourth-order valence-corrected chi connectivity index (χ4v) is 2.29. The van der Waals surface area contributed by atoms with Gasteiger partial charge in [0.15, 0.2) is 5.76 Å². The Kier molecular flexibility index (Phi) is 14.9. The molecule has 0 saturated heterocycles. The molecule has 0 aromatic rings.